The first-order valence-electron chi connectivity index (χ1n) is 8.80. The highest BCUT2D eigenvalue weighted by atomic mass is 32.2. The molecule has 1 aromatic carbocycles. The summed E-state index contributed by atoms with van der Waals surface area (Å²) < 4.78 is 26.4. The molecule has 1 saturated carbocycles. The van der Waals surface area contributed by atoms with Crippen LogP contribution in [-0.2, 0) is 20.4 Å². The van der Waals surface area contributed by atoms with Gasteiger partial charge in [-0.3, -0.25) is 4.79 Å². The molecule has 1 aliphatic rings. The molecule has 140 valence electrons. The molecule has 0 atom stereocenters. The van der Waals surface area contributed by atoms with Crippen LogP contribution >= 0.6 is 11.3 Å². The molecule has 7 heteroatoms. The van der Waals surface area contributed by atoms with E-state index in [1.807, 2.05) is 18.2 Å². The summed E-state index contributed by atoms with van der Waals surface area (Å²) in [6.45, 7) is 0.325. The lowest BCUT2D eigenvalue weighted by Gasteiger charge is -2.43. The largest absolute Gasteiger partial charge is 0.347 e. The summed E-state index contributed by atoms with van der Waals surface area (Å²) >= 11 is 1.21. The number of carbonyl (C=O) groups excluding carboxylic acids is 1. The Kier molecular flexibility index (Phi) is 5.79. The number of carbonyl (C=O) groups is 1. The van der Waals surface area contributed by atoms with E-state index in [1.54, 1.807) is 24.6 Å². The number of hydrogen-bond acceptors (Lipinski definition) is 4. The predicted molar refractivity (Wildman–Crippen MR) is 103 cm³/mol. The van der Waals surface area contributed by atoms with Gasteiger partial charge in [-0.15, -0.1) is 11.3 Å². The molecule has 0 radical (unpaired) electrons. The van der Waals surface area contributed by atoms with Crippen LogP contribution in [0.5, 0.6) is 0 Å². The van der Waals surface area contributed by atoms with Gasteiger partial charge in [0.1, 0.15) is 4.21 Å². The maximum absolute atomic E-state index is 12.4. The highest BCUT2D eigenvalue weighted by molar-refractivity contribution is 7.91. The Morgan fingerprint density at radius 2 is 1.92 bits per heavy atom. The van der Waals surface area contributed by atoms with E-state index in [-0.39, 0.29) is 11.4 Å². The van der Waals surface area contributed by atoms with Crippen LogP contribution in [-0.4, -0.2) is 32.2 Å². The van der Waals surface area contributed by atoms with Crippen molar-refractivity contribution in [2.45, 2.75) is 41.9 Å². The zero-order valence-corrected chi connectivity index (χ0v) is 16.5. The van der Waals surface area contributed by atoms with Crippen molar-refractivity contribution in [3.63, 3.8) is 0 Å². The lowest BCUT2D eigenvalue weighted by molar-refractivity contribution is -0.124. The lowest BCUT2D eigenvalue weighted by Crippen LogP contribution is -2.50. The third kappa shape index (κ3) is 4.00. The third-order valence-corrected chi connectivity index (χ3v) is 8.18. The summed E-state index contributed by atoms with van der Waals surface area (Å²) in [6, 6.07) is 13.4. The number of amides is 1. The van der Waals surface area contributed by atoms with E-state index >= 15 is 0 Å². The molecular weight excluding hydrogens is 368 g/mol. The van der Waals surface area contributed by atoms with Crippen molar-refractivity contribution < 1.29 is 13.2 Å². The minimum atomic E-state index is -3.45. The molecule has 2 aromatic rings. The number of benzene rings is 1. The number of rotatable bonds is 8. The fourth-order valence-electron chi connectivity index (χ4n) is 3.25. The summed E-state index contributed by atoms with van der Waals surface area (Å²) in [5, 5.41) is 4.93. The number of thiophene rings is 1. The first-order chi connectivity index (χ1) is 12.4. The summed E-state index contributed by atoms with van der Waals surface area (Å²) in [4.78, 5) is 12.4. The average Bonchev–Trinajstić information content (AvgIpc) is 3.14. The smallest absolute Gasteiger partial charge is 0.252 e. The van der Waals surface area contributed by atoms with Crippen molar-refractivity contribution in [1.29, 1.82) is 0 Å². The second kappa shape index (κ2) is 7.90. The van der Waals surface area contributed by atoms with Gasteiger partial charge < -0.3 is 5.32 Å². The molecule has 1 heterocycles. The molecule has 1 N–H and O–H groups in total. The van der Waals surface area contributed by atoms with Crippen molar-refractivity contribution in [3.8, 4) is 0 Å². The van der Waals surface area contributed by atoms with Gasteiger partial charge in [0.2, 0.25) is 5.91 Å². The summed E-state index contributed by atoms with van der Waals surface area (Å²) in [7, 11) is -1.89. The number of hydrogen-bond donors (Lipinski definition) is 1. The molecular formula is C19H24N2O3S2. The Morgan fingerprint density at radius 1 is 1.19 bits per heavy atom. The fraction of sp³-hybridized carbons (Fsp3) is 0.421. The summed E-state index contributed by atoms with van der Waals surface area (Å²) in [5.74, 6) is -0.0181. The van der Waals surface area contributed by atoms with Crippen LogP contribution < -0.4 is 5.32 Å². The fourth-order valence-corrected chi connectivity index (χ4v) is 5.66. The average molecular weight is 393 g/mol. The summed E-state index contributed by atoms with van der Waals surface area (Å²) in [6.07, 6.45) is 3.83. The molecule has 1 amide bonds. The molecule has 26 heavy (non-hydrogen) atoms. The Bertz CT molecular complexity index is 829. The van der Waals surface area contributed by atoms with E-state index in [0.29, 0.717) is 23.6 Å². The highest BCUT2D eigenvalue weighted by Gasteiger charge is 2.39. The van der Waals surface area contributed by atoms with Crippen LogP contribution in [0.25, 0.3) is 0 Å². The maximum Gasteiger partial charge on any atom is 0.252 e. The van der Waals surface area contributed by atoms with Gasteiger partial charge >= 0.3 is 0 Å². The quantitative estimate of drug-likeness (QED) is 0.749. The molecule has 1 aliphatic carbocycles. The molecule has 0 aliphatic heterocycles. The van der Waals surface area contributed by atoms with Gasteiger partial charge in [0.15, 0.2) is 0 Å². The van der Waals surface area contributed by atoms with Crippen molar-refractivity contribution >= 4 is 27.3 Å². The van der Waals surface area contributed by atoms with E-state index in [1.165, 1.54) is 15.6 Å². The molecule has 5 nitrogen and oxygen atoms in total. The second-order valence-electron chi connectivity index (χ2n) is 6.71. The first kappa shape index (κ1) is 19.1. The minimum Gasteiger partial charge on any atom is -0.347 e. The topological polar surface area (TPSA) is 66.5 Å². The summed E-state index contributed by atoms with van der Waals surface area (Å²) in [5.41, 5.74) is 0.907. The standard InChI is InChI=1S/C19H24N2O3S2/c1-21(26(23,24)18-11-6-15-25-18)14-5-10-17(22)20-19(12-7-13-19)16-8-3-2-4-9-16/h2-4,6,8-9,11,15H,5,7,10,12-14H2,1H3,(H,20,22). The van der Waals surface area contributed by atoms with Gasteiger partial charge in [0.25, 0.3) is 10.0 Å². The minimum absolute atomic E-state index is 0.0181. The monoisotopic (exact) mass is 392 g/mol. The van der Waals surface area contributed by atoms with Crippen molar-refractivity contribution in [2.24, 2.45) is 0 Å². The van der Waals surface area contributed by atoms with E-state index in [0.717, 1.165) is 24.8 Å². The van der Waals surface area contributed by atoms with Crippen LogP contribution in [0.15, 0.2) is 52.1 Å². The Balaban J connectivity index is 1.52. The van der Waals surface area contributed by atoms with Crippen LogP contribution in [0.3, 0.4) is 0 Å². The maximum atomic E-state index is 12.4. The number of nitrogens with one attached hydrogen (secondary N) is 1. The van der Waals surface area contributed by atoms with Crippen LogP contribution in [0.4, 0.5) is 0 Å². The normalized spacial score (nSPS) is 16.2. The van der Waals surface area contributed by atoms with Gasteiger partial charge in [-0.25, -0.2) is 12.7 Å². The molecule has 0 saturated heterocycles. The Labute approximate surface area is 159 Å². The number of nitrogens with zero attached hydrogens (tertiary/aromatic N) is 1. The molecule has 0 unspecified atom stereocenters. The number of sulfonamides is 1. The van der Waals surface area contributed by atoms with E-state index in [4.69, 9.17) is 0 Å². The molecule has 0 spiro atoms. The van der Waals surface area contributed by atoms with Crippen molar-refractivity contribution in [1.82, 2.24) is 9.62 Å². The third-order valence-electron chi connectivity index (χ3n) is 4.95. The van der Waals surface area contributed by atoms with Crippen molar-refractivity contribution in [2.75, 3.05) is 13.6 Å². The zero-order valence-electron chi connectivity index (χ0n) is 14.8. The molecule has 3 rings (SSSR count). The van der Waals surface area contributed by atoms with Gasteiger partial charge in [-0.1, -0.05) is 36.4 Å². The molecule has 1 fully saturated rings. The first-order valence-corrected chi connectivity index (χ1v) is 11.1. The van der Waals surface area contributed by atoms with Gasteiger partial charge in [0.05, 0.1) is 5.54 Å². The predicted octanol–water partition coefficient (Wildman–Crippen LogP) is 3.34. The highest BCUT2D eigenvalue weighted by Crippen LogP contribution is 2.41. The van der Waals surface area contributed by atoms with Crippen LogP contribution in [0, 0.1) is 0 Å². The zero-order chi connectivity index (χ0) is 18.6. The molecule has 1 aromatic heterocycles. The van der Waals surface area contributed by atoms with E-state index < -0.39 is 10.0 Å². The van der Waals surface area contributed by atoms with Crippen molar-refractivity contribution in [3.05, 3.63) is 53.4 Å². The van der Waals surface area contributed by atoms with Gasteiger partial charge in [0, 0.05) is 20.0 Å². The Hall–Kier alpha value is -1.70. The van der Waals surface area contributed by atoms with Crippen LogP contribution in [0.1, 0.15) is 37.7 Å². The SMILES string of the molecule is CN(CCCC(=O)NC1(c2ccccc2)CCC1)S(=O)(=O)c1cccs1. The van der Waals surface area contributed by atoms with E-state index in [2.05, 4.69) is 17.4 Å². The lowest BCUT2D eigenvalue weighted by atomic mass is 9.71. The van der Waals surface area contributed by atoms with Gasteiger partial charge in [-0.2, -0.15) is 0 Å². The van der Waals surface area contributed by atoms with E-state index in [9.17, 15) is 13.2 Å². The Morgan fingerprint density at radius 3 is 2.50 bits per heavy atom. The van der Waals surface area contributed by atoms with Gasteiger partial charge in [-0.05, 0) is 42.7 Å². The second-order valence-corrected chi connectivity index (χ2v) is 9.93. The molecule has 0 bridgehead atoms. The van der Waals surface area contributed by atoms with Crippen LogP contribution in [0.2, 0.25) is 0 Å².